The number of aliphatic hydroxyl groups is 1. The molecule has 6 nitrogen and oxygen atoms in total. The molecular formula is C27H40ClNO5. The van der Waals surface area contributed by atoms with Crippen molar-refractivity contribution in [1.29, 1.82) is 0 Å². The summed E-state index contributed by atoms with van der Waals surface area (Å²) in [4.78, 5) is 15.3. The van der Waals surface area contributed by atoms with Crippen molar-refractivity contribution in [2.75, 3.05) is 19.7 Å². The Labute approximate surface area is 208 Å². The molecular weight excluding hydrogens is 454 g/mol. The molecule has 0 aliphatic carbocycles. The van der Waals surface area contributed by atoms with E-state index in [-0.39, 0.29) is 29.1 Å². The minimum atomic E-state index is -0.962. The summed E-state index contributed by atoms with van der Waals surface area (Å²) in [5, 5.41) is 11.1. The largest absolute Gasteiger partial charge is 0.478 e. The summed E-state index contributed by atoms with van der Waals surface area (Å²) < 4.78 is 18.7. The average molecular weight is 494 g/mol. The van der Waals surface area contributed by atoms with Gasteiger partial charge >= 0.3 is 0 Å². The van der Waals surface area contributed by atoms with Crippen molar-refractivity contribution in [2.45, 2.75) is 103 Å². The number of hydrogen-bond donors (Lipinski definition) is 1. The Balaban J connectivity index is 1.34. The molecule has 7 heteroatoms. The molecule has 1 amide bonds. The smallest absolute Gasteiger partial charge is 0.266 e. The van der Waals surface area contributed by atoms with Crippen LogP contribution in [-0.4, -0.2) is 64.6 Å². The maximum atomic E-state index is 13.3. The molecule has 34 heavy (non-hydrogen) atoms. The van der Waals surface area contributed by atoms with Crippen LogP contribution in [0, 0.1) is 12.3 Å². The first-order valence-corrected chi connectivity index (χ1v) is 12.9. The highest BCUT2D eigenvalue weighted by Crippen LogP contribution is 2.49. The lowest BCUT2D eigenvalue weighted by Gasteiger charge is -2.41. The molecule has 1 aromatic carbocycles. The molecule has 3 fully saturated rings. The third-order valence-electron chi connectivity index (χ3n) is 8.12. The van der Waals surface area contributed by atoms with E-state index in [9.17, 15) is 9.90 Å². The van der Waals surface area contributed by atoms with Gasteiger partial charge in [-0.25, -0.2) is 0 Å². The lowest BCUT2D eigenvalue weighted by Crippen LogP contribution is -2.53. The van der Waals surface area contributed by atoms with E-state index < -0.39 is 11.2 Å². The first kappa shape index (κ1) is 25.7. The van der Waals surface area contributed by atoms with Crippen LogP contribution in [0.1, 0.15) is 72.3 Å². The maximum absolute atomic E-state index is 13.3. The summed E-state index contributed by atoms with van der Waals surface area (Å²) in [6.07, 6.45) is 4.36. The lowest BCUT2D eigenvalue weighted by atomic mass is 9.74. The zero-order valence-electron chi connectivity index (χ0n) is 21.4. The number of benzene rings is 1. The summed E-state index contributed by atoms with van der Waals surface area (Å²) in [6.45, 7) is 13.4. The van der Waals surface area contributed by atoms with Crippen LogP contribution in [0.5, 0.6) is 5.75 Å². The summed E-state index contributed by atoms with van der Waals surface area (Å²) in [7, 11) is 0. The molecule has 3 saturated heterocycles. The zero-order valence-corrected chi connectivity index (χ0v) is 22.2. The highest BCUT2D eigenvalue weighted by Gasteiger charge is 2.54. The second kappa shape index (κ2) is 8.95. The Morgan fingerprint density at radius 1 is 1.21 bits per heavy atom. The normalized spacial score (nSPS) is 29.6. The molecule has 3 aliphatic heterocycles. The molecule has 0 radical (unpaired) electrons. The third kappa shape index (κ3) is 5.11. The number of nitrogens with zero attached hydrogens (tertiary/aromatic N) is 1. The highest BCUT2D eigenvalue weighted by atomic mass is 35.5. The summed E-state index contributed by atoms with van der Waals surface area (Å²) in [5.74, 6) is 0.652. The van der Waals surface area contributed by atoms with Gasteiger partial charge in [-0.15, -0.1) is 0 Å². The van der Waals surface area contributed by atoms with Crippen molar-refractivity contribution in [3.8, 4) is 5.75 Å². The number of piperidine rings is 1. The lowest BCUT2D eigenvalue weighted by molar-refractivity contribution is -0.155. The second-order valence-electron chi connectivity index (χ2n) is 11.9. The van der Waals surface area contributed by atoms with Crippen LogP contribution >= 0.6 is 11.6 Å². The summed E-state index contributed by atoms with van der Waals surface area (Å²) in [6, 6.07) is 5.47. The number of rotatable bonds is 5. The van der Waals surface area contributed by atoms with Crippen molar-refractivity contribution >= 4 is 17.5 Å². The minimum absolute atomic E-state index is 0.00419. The third-order valence-corrected chi connectivity index (χ3v) is 8.55. The number of halogens is 1. The molecule has 0 aromatic heterocycles. The van der Waals surface area contributed by atoms with E-state index >= 15 is 0 Å². The molecule has 1 spiro atoms. The highest BCUT2D eigenvalue weighted by molar-refractivity contribution is 6.31. The van der Waals surface area contributed by atoms with Crippen molar-refractivity contribution < 1.29 is 24.1 Å². The molecule has 0 bridgehead atoms. The molecule has 3 heterocycles. The van der Waals surface area contributed by atoms with Crippen LogP contribution in [0.25, 0.3) is 0 Å². The van der Waals surface area contributed by atoms with E-state index in [1.165, 1.54) is 0 Å². The van der Waals surface area contributed by atoms with Gasteiger partial charge in [-0.3, -0.25) is 4.79 Å². The van der Waals surface area contributed by atoms with Gasteiger partial charge in [-0.05, 0) is 103 Å². The number of hydrogen-bond acceptors (Lipinski definition) is 5. The quantitative estimate of drug-likeness (QED) is 0.631. The van der Waals surface area contributed by atoms with Crippen LogP contribution in [0.3, 0.4) is 0 Å². The van der Waals surface area contributed by atoms with Gasteiger partial charge in [0.2, 0.25) is 0 Å². The molecule has 0 saturated carbocycles. The number of carbonyl (C=O) groups is 1. The van der Waals surface area contributed by atoms with E-state index in [0.29, 0.717) is 30.5 Å². The van der Waals surface area contributed by atoms with Gasteiger partial charge < -0.3 is 24.2 Å². The standard InChI is InChI=1S/C27H40ClNO5/c1-18-15-19(7-8-20(18)28)33-25(4,5)23(30)29-13-11-27(12-14-29)16-22(32-17-27)26(6)10-9-21(34-26)24(2,3)31/h7-8,15,21-22,31H,9-14,16-17H2,1-6H3/t21-,22-,26-/m1/s1. The first-order chi connectivity index (χ1) is 15.7. The fourth-order valence-corrected chi connectivity index (χ4v) is 5.83. The van der Waals surface area contributed by atoms with E-state index in [1.807, 2.05) is 45.6 Å². The van der Waals surface area contributed by atoms with Gasteiger partial charge in [-0.2, -0.15) is 0 Å². The Kier molecular flexibility index (Phi) is 6.78. The topological polar surface area (TPSA) is 68.2 Å². The number of aryl methyl sites for hydroxylation is 1. The van der Waals surface area contributed by atoms with Crippen molar-refractivity contribution in [3.05, 3.63) is 28.8 Å². The molecule has 3 atom stereocenters. The van der Waals surface area contributed by atoms with Crippen molar-refractivity contribution in [2.24, 2.45) is 5.41 Å². The van der Waals surface area contributed by atoms with Crippen LogP contribution in [0.2, 0.25) is 5.02 Å². The maximum Gasteiger partial charge on any atom is 0.266 e. The Hall–Kier alpha value is -1.34. The molecule has 190 valence electrons. The SMILES string of the molecule is Cc1cc(OC(C)(C)C(=O)N2CCC3(CC2)CO[C@@H]([C@@]2(C)CC[C@H](C(C)(C)O)O2)C3)ccc1Cl. The molecule has 0 unspecified atom stereocenters. The molecule has 3 aliphatic rings. The number of likely N-dealkylation sites (tertiary alicyclic amines) is 1. The van der Waals surface area contributed by atoms with Crippen molar-refractivity contribution in [3.63, 3.8) is 0 Å². The van der Waals surface area contributed by atoms with E-state index in [0.717, 1.165) is 37.7 Å². The van der Waals surface area contributed by atoms with E-state index in [4.69, 9.17) is 25.8 Å². The average Bonchev–Trinajstić information content (AvgIpc) is 3.36. The zero-order chi connectivity index (χ0) is 24.9. The second-order valence-corrected chi connectivity index (χ2v) is 12.3. The predicted molar refractivity (Wildman–Crippen MR) is 132 cm³/mol. The van der Waals surface area contributed by atoms with Gasteiger partial charge in [0.05, 0.1) is 30.0 Å². The number of amides is 1. The molecule has 1 N–H and O–H groups in total. The van der Waals surface area contributed by atoms with Gasteiger partial charge in [0.25, 0.3) is 5.91 Å². The summed E-state index contributed by atoms with van der Waals surface area (Å²) >= 11 is 6.12. The Bertz CT molecular complexity index is 918. The van der Waals surface area contributed by atoms with Gasteiger partial charge in [0.1, 0.15) is 5.75 Å². The van der Waals surface area contributed by atoms with Gasteiger partial charge in [0.15, 0.2) is 5.60 Å². The van der Waals surface area contributed by atoms with Crippen LogP contribution < -0.4 is 4.74 Å². The molecule has 4 rings (SSSR count). The van der Waals surface area contributed by atoms with E-state index in [1.54, 1.807) is 12.1 Å². The van der Waals surface area contributed by atoms with Crippen LogP contribution in [0.4, 0.5) is 0 Å². The van der Waals surface area contributed by atoms with Crippen LogP contribution in [0.15, 0.2) is 18.2 Å². The fraction of sp³-hybridized carbons (Fsp3) is 0.741. The molecule has 1 aromatic rings. The first-order valence-electron chi connectivity index (χ1n) is 12.5. The summed E-state index contributed by atoms with van der Waals surface area (Å²) in [5.41, 5.74) is -1.17. The monoisotopic (exact) mass is 493 g/mol. The predicted octanol–water partition coefficient (Wildman–Crippen LogP) is 4.91. The number of ether oxygens (including phenoxy) is 3. The van der Waals surface area contributed by atoms with Crippen LogP contribution in [-0.2, 0) is 14.3 Å². The minimum Gasteiger partial charge on any atom is -0.478 e. The van der Waals surface area contributed by atoms with Gasteiger partial charge in [-0.1, -0.05) is 11.6 Å². The Morgan fingerprint density at radius 2 is 1.88 bits per heavy atom. The Morgan fingerprint density at radius 3 is 2.47 bits per heavy atom. The fourth-order valence-electron chi connectivity index (χ4n) is 5.71. The van der Waals surface area contributed by atoms with Crippen molar-refractivity contribution in [1.82, 2.24) is 4.90 Å². The van der Waals surface area contributed by atoms with Gasteiger partial charge in [0, 0.05) is 18.1 Å². The van der Waals surface area contributed by atoms with E-state index in [2.05, 4.69) is 6.92 Å². The number of carbonyl (C=O) groups excluding carboxylic acids is 1.